The van der Waals surface area contributed by atoms with Crippen molar-refractivity contribution in [3.8, 4) is 0 Å². The van der Waals surface area contributed by atoms with E-state index in [0.717, 1.165) is 88.4 Å². The number of ether oxygens (including phenoxy) is 8. The van der Waals surface area contributed by atoms with Crippen LogP contribution in [0, 0.1) is 52.3 Å². The molecule has 3 aromatic carbocycles. The quantitative estimate of drug-likeness (QED) is 0.0464. The monoisotopic (exact) mass is 1440 g/mol. The largest absolute Gasteiger partial charge is 0.462 e. The normalized spacial score (nSPS) is 23.9. The second-order valence-electron chi connectivity index (χ2n) is 34.6. The van der Waals surface area contributed by atoms with E-state index in [4.69, 9.17) is 37.9 Å². The summed E-state index contributed by atoms with van der Waals surface area (Å²) in [6, 6.07) is 21.4. The molecule has 11 rings (SSSR count). The van der Waals surface area contributed by atoms with Crippen LogP contribution in [0.5, 0.6) is 0 Å². The minimum atomic E-state index is -0.656. The number of hydrogen-bond donors (Lipinski definition) is 0. The van der Waals surface area contributed by atoms with Crippen molar-refractivity contribution in [3.05, 3.63) is 106 Å². The maximum absolute atomic E-state index is 13.0. The smallest absolute Gasteiger partial charge is 0.344 e. The van der Waals surface area contributed by atoms with Crippen LogP contribution in [0.2, 0.25) is 0 Å². The van der Waals surface area contributed by atoms with Gasteiger partial charge in [-0.3, -0.25) is 14.4 Å². The van der Waals surface area contributed by atoms with Gasteiger partial charge in [0.2, 0.25) is 0 Å². The average molecular weight is 1440 g/mol. The van der Waals surface area contributed by atoms with Gasteiger partial charge in [-0.25, -0.2) is 24.0 Å². The predicted molar refractivity (Wildman–Crippen MR) is 405 cm³/mol. The summed E-state index contributed by atoms with van der Waals surface area (Å²) in [4.78, 5) is 99.2. The number of benzene rings is 3. The van der Waals surface area contributed by atoms with E-state index in [-0.39, 0.29) is 54.3 Å². The molecule has 4 bridgehead atoms. The van der Waals surface area contributed by atoms with Crippen LogP contribution in [0.1, 0.15) is 343 Å². The Kier molecular flexibility index (Phi) is 30.8. The summed E-state index contributed by atoms with van der Waals surface area (Å²) >= 11 is 0. The highest BCUT2D eigenvalue weighted by atomic mass is 16.6. The van der Waals surface area contributed by atoms with E-state index in [2.05, 4.69) is 80.5 Å². The van der Waals surface area contributed by atoms with Crippen molar-refractivity contribution in [2.75, 3.05) is 26.4 Å². The van der Waals surface area contributed by atoms with Crippen LogP contribution < -0.4 is 0 Å². The number of fused-ring (bicyclic) bond motifs is 1. The van der Waals surface area contributed by atoms with E-state index in [0.29, 0.717) is 65.5 Å². The first-order valence-electron chi connectivity index (χ1n) is 40.0. The second kappa shape index (κ2) is 37.8. The Balaban J connectivity index is 0.000000203. The van der Waals surface area contributed by atoms with Gasteiger partial charge in [-0.05, 0) is 290 Å². The summed E-state index contributed by atoms with van der Waals surface area (Å²) in [6.45, 7) is 33.4. The molecule has 6 unspecified atom stereocenters. The van der Waals surface area contributed by atoms with Gasteiger partial charge in [-0.1, -0.05) is 124 Å². The lowest BCUT2D eigenvalue weighted by atomic mass is 9.46. The molecule has 104 heavy (non-hydrogen) atoms. The zero-order chi connectivity index (χ0) is 76.4. The van der Waals surface area contributed by atoms with Crippen LogP contribution in [-0.4, -0.2) is 96.6 Å². The lowest BCUT2D eigenvalue weighted by molar-refractivity contribution is -0.203. The molecule has 0 saturated heterocycles. The molecular weight excluding hydrogens is 1310 g/mol. The minimum Gasteiger partial charge on any atom is -0.462 e. The molecule has 6 atom stereocenters. The Morgan fingerprint density at radius 1 is 0.519 bits per heavy atom. The molecule has 7 saturated carbocycles. The summed E-state index contributed by atoms with van der Waals surface area (Å²) in [6.07, 6.45) is 26.5. The molecule has 0 heterocycles. The first kappa shape index (κ1) is 84.7. The second-order valence-corrected chi connectivity index (χ2v) is 34.6. The maximum Gasteiger partial charge on any atom is 0.344 e. The molecule has 16 heteroatoms. The third-order valence-electron chi connectivity index (χ3n) is 24.7. The molecule has 0 aliphatic heterocycles. The summed E-state index contributed by atoms with van der Waals surface area (Å²) in [7, 11) is 0. The number of esters is 8. The maximum atomic E-state index is 13.0. The van der Waals surface area contributed by atoms with Crippen LogP contribution in [0.15, 0.2) is 66.7 Å². The summed E-state index contributed by atoms with van der Waals surface area (Å²) in [5, 5.41) is 0. The number of carbonyl (C=O) groups is 8. The third-order valence-corrected chi connectivity index (χ3v) is 24.7. The molecule has 0 radical (unpaired) electrons. The van der Waals surface area contributed by atoms with Gasteiger partial charge >= 0.3 is 47.8 Å². The average Bonchev–Trinajstić information content (AvgIpc) is 0.868. The van der Waals surface area contributed by atoms with Crippen molar-refractivity contribution in [2.45, 2.75) is 318 Å². The van der Waals surface area contributed by atoms with Crippen molar-refractivity contribution >= 4 is 47.8 Å². The lowest BCUT2D eigenvalue weighted by Gasteiger charge is -2.61. The molecule has 8 aliphatic carbocycles. The van der Waals surface area contributed by atoms with Gasteiger partial charge in [0.05, 0.1) is 33.9 Å². The van der Waals surface area contributed by atoms with E-state index in [9.17, 15) is 38.4 Å². The fourth-order valence-electron chi connectivity index (χ4n) is 17.2. The van der Waals surface area contributed by atoms with E-state index >= 15 is 0 Å². The van der Waals surface area contributed by atoms with Crippen molar-refractivity contribution in [1.29, 1.82) is 0 Å². The molecular formula is C88H130O16. The number of hydrogen-bond acceptors (Lipinski definition) is 16. The highest BCUT2D eigenvalue weighted by Crippen LogP contribution is 2.64. The van der Waals surface area contributed by atoms with Crippen LogP contribution in [0.3, 0.4) is 0 Å². The first-order valence-corrected chi connectivity index (χ1v) is 40.0. The van der Waals surface area contributed by atoms with Gasteiger partial charge in [0.1, 0.15) is 35.6 Å². The molecule has 0 aromatic heterocycles. The molecule has 16 nitrogen and oxygen atoms in total. The zero-order valence-electron chi connectivity index (χ0n) is 66.7. The van der Waals surface area contributed by atoms with Crippen molar-refractivity contribution in [2.24, 2.45) is 52.3 Å². The number of carbonyl (C=O) groups excluding carboxylic acids is 8. The van der Waals surface area contributed by atoms with E-state index in [1.807, 2.05) is 57.2 Å². The number of rotatable bonds is 24. The van der Waals surface area contributed by atoms with Crippen LogP contribution in [0.25, 0.3) is 0 Å². The molecule has 0 amide bonds. The van der Waals surface area contributed by atoms with Crippen LogP contribution in [0.4, 0.5) is 0 Å². The van der Waals surface area contributed by atoms with E-state index in [1.54, 1.807) is 46.8 Å². The predicted octanol–water partition coefficient (Wildman–Crippen LogP) is 20.1. The zero-order valence-corrected chi connectivity index (χ0v) is 66.7. The van der Waals surface area contributed by atoms with Crippen molar-refractivity contribution in [1.82, 2.24) is 0 Å². The molecule has 0 spiro atoms. The van der Waals surface area contributed by atoms with Crippen molar-refractivity contribution < 1.29 is 76.3 Å². The molecule has 3 aromatic rings. The topological polar surface area (TPSA) is 210 Å². The Hall–Kier alpha value is -6.58. The van der Waals surface area contributed by atoms with Gasteiger partial charge in [0.15, 0.2) is 13.2 Å². The Morgan fingerprint density at radius 3 is 1.61 bits per heavy atom. The highest BCUT2D eigenvalue weighted by Gasteiger charge is 2.59. The first-order chi connectivity index (χ1) is 49.1. The summed E-state index contributed by atoms with van der Waals surface area (Å²) in [5.74, 6) is 0.330. The Bertz CT molecular complexity index is 3300. The SMILES string of the molecule is CC1Cc2cc(C(=O)OC(C)(C)C3CCCCC3)ccc2C1C.CCC(C)(C)C(=O)OCCOC(=O)C1CCCCC1C(=O)OCC(=O)OC(C)(C)C12CC3CC(CC(C3)C1)C2.CCC(C)c1ccc(C(=O)OCC(=O)OC(C)(C)C)cc1.CCC(C)c1cccc(C(=O)OC2(CC)CCCCC2)c1. The lowest BCUT2D eigenvalue weighted by Crippen LogP contribution is -2.57. The Morgan fingerprint density at radius 2 is 1.04 bits per heavy atom. The fraction of sp³-hybridized carbons (Fsp3) is 0.705. The van der Waals surface area contributed by atoms with Gasteiger partial charge < -0.3 is 37.9 Å². The summed E-state index contributed by atoms with van der Waals surface area (Å²) in [5.41, 5.74) is 4.64. The standard InChI is InChI=1S/C31H48O8.C21H30O2.C19H28O2.C17H24O4/c1-6-29(2,3)28(35)37-12-11-36-26(33)23-9-7-8-10-24(23)27(34)38-19-25(32)39-30(4,5)31-16-20-13-21(17-31)15-22(14-20)18-31;1-14-12-17-13-16(10-11-19(17)15(14)2)20(22)23-21(3,4)18-8-6-5-7-9-18;1-4-15(3)16-10-9-11-17(14-16)18(20)21-19(5-2)12-7-6-8-13-19;1-6-12(2)13-7-9-14(10-8-13)16(19)20-11-15(18)21-17(3,4)5/h20-24H,6-19H2,1-5H3;10-11,13-15,18H,5-9,12H2,1-4H3;9-11,14-15H,4-8,12-13H2,1-3H3;7-10,12H,6,11H2,1-5H3. The minimum absolute atomic E-state index is 0.0141. The molecule has 578 valence electrons. The van der Waals surface area contributed by atoms with Gasteiger partial charge in [0.25, 0.3) is 0 Å². The summed E-state index contributed by atoms with van der Waals surface area (Å²) < 4.78 is 43.9. The van der Waals surface area contributed by atoms with Crippen LogP contribution in [-0.2, 0) is 68.3 Å². The van der Waals surface area contributed by atoms with E-state index < -0.39 is 64.9 Å². The molecule has 0 N–H and O–H groups in total. The highest BCUT2D eigenvalue weighted by molar-refractivity contribution is 5.92. The molecule has 7 fully saturated rings. The van der Waals surface area contributed by atoms with Gasteiger partial charge in [-0.15, -0.1) is 0 Å². The van der Waals surface area contributed by atoms with Gasteiger partial charge in [-0.2, -0.15) is 0 Å². The van der Waals surface area contributed by atoms with E-state index in [1.165, 1.54) is 92.9 Å². The van der Waals surface area contributed by atoms with Crippen LogP contribution >= 0.6 is 0 Å². The fourth-order valence-corrected chi connectivity index (χ4v) is 17.2. The molecule has 8 aliphatic rings. The third kappa shape index (κ3) is 23.5. The van der Waals surface area contributed by atoms with Gasteiger partial charge in [0, 0.05) is 5.41 Å². The Labute approximate surface area is 623 Å². The van der Waals surface area contributed by atoms with Crippen molar-refractivity contribution in [3.63, 3.8) is 0 Å².